The van der Waals surface area contributed by atoms with E-state index in [9.17, 15) is 9.59 Å². The summed E-state index contributed by atoms with van der Waals surface area (Å²) < 4.78 is 11.2. The van der Waals surface area contributed by atoms with Gasteiger partial charge in [-0.2, -0.15) is 0 Å². The number of anilines is 1. The lowest BCUT2D eigenvalue weighted by Gasteiger charge is -2.41. The summed E-state index contributed by atoms with van der Waals surface area (Å²) in [6, 6.07) is 7.99. The molecule has 0 aromatic heterocycles. The molecule has 0 bridgehead atoms. The van der Waals surface area contributed by atoms with E-state index in [0.717, 1.165) is 44.2 Å². The molecular weight excluding hydrogens is 382 g/mol. The van der Waals surface area contributed by atoms with Gasteiger partial charge in [-0.3, -0.25) is 4.79 Å². The maximum Gasteiger partial charge on any atom is 0.335 e. The molecule has 3 aliphatic heterocycles. The molecule has 1 aromatic carbocycles. The Morgan fingerprint density at radius 3 is 2.47 bits per heavy atom. The van der Waals surface area contributed by atoms with E-state index in [1.807, 2.05) is 23.1 Å². The minimum absolute atomic E-state index is 0.0337. The molecule has 0 unspecified atom stereocenters. The highest BCUT2D eigenvalue weighted by atomic mass is 16.6. The number of esters is 1. The lowest BCUT2D eigenvalue weighted by atomic mass is 9.82. The van der Waals surface area contributed by atoms with Crippen LogP contribution in [0.3, 0.4) is 0 Å². The van der Waals surface area contributed by atoms with Gasteiger partial charge >= 0.3 is 5.97 Å². The molecule has 0 aliphatic carbocycles. The molecular formula is C23H31N3O4. The highest BCUT2D eigenvalue weighted by Gasteiger charge is 2.51. The minimum atomic E-state index is -0.742. The van der Waals surface area contributed by atoms with Gasteiger partial charge in [0.25, 0.3) is 5.91 Å². The predicted octanol–water partition coefficient (Wildman–Crippen LogP) is 2.07. The second-order valence-corrected chi connectivity index (χ2v) is 8.30. The van der Waals surface area contributed by atoms with Gasteiger partial charge in [0.15, 0.2) is 0 Å². The first-order valence-electron chi connectivity index (χ1n) is 10.8. The van der Waals surface area contributed by atoms with Crippen LogP contribution < -0.4 is 9.64 Å². The predicted molar refractivity (Wildman–Crippen MR) is 115 cm³/mol. The van der Waals surface area contributed by atoms with Gasteiger partial charge in [-0.05, 0) is 25.6 Å². The number of benzene rings is 1. The van der Waals surface area contributed by atoms with Crippen molar-refractivity contribution in [3.63, 3.8) is 0 Å². The van der Waals surface area contributed by atoms with Crippen LogP contribution in [0.15, 0.2) is 35.4 Å². The molecule has 30 heavy (non-hydrogen) atoms. The van der Waals surface area contributed by atoms with E-state index in [0.29, 0.717) is 37.1 Å². The number of nitrogens with zero attached hydrogens (tertiary/aromatic N) is 3. The average Bonchev–Trinajstić information content (AvgIpc) is 3.03. The van der Waals surface area contributed by atoms with Crippen molar-refractivity contribution >= 4 is 17.6 Å². The Balaban J connectivity index is 1.47. The third-order valence-corrected chi connectivity index (χ3v) is 6.74. The highest BCUT2D eigenvalue weighted by Crippen LogP contribution is 2.42. The SMILES string of the molecule is CCN1CCC2(CC1)OC(=O)C(C)=C2C(=O)N1CCN(c2cccc(OC)c2)CC1. The van der Waals surface area contributed by atoms with Crippen molar-refractivity contribution in [2.45, 2.75) is 32.3 Å². The largest absolute Gasteiger partial charge is 0.497 e. The topological polar surface area (TPSA) is 62.3 Å². The number of amides is 1. The molecule has 3 heterocycles. The molecule has 0 saturated carbocycles. The fraction of sp³-hybridized carbons (Fsp3) is 0.565. The van der Waals surface area contributed by atoms with E-state index < -0.39 is 5.60 Å². The van der Waals surface area contributed by atoms with Gasteiger partial charge in [0.1, 0.15) is 11.4 Å². The smallest absolute Gasteiger partial charge is 0.335 e. The van der Waals surface area contributed by atoms with E-state index in [1.165, 1.54) is 0 Å². The Bertz CT molecular complexity index is 850. The van der Waals surface area contributed by atoms with Gasteiger partial charge in [-0.15, -0.1) is 0 Å². The molecule has 4 rings (SSSR count). The monoisotopic (exact) mass is 413 g/mol. The first kappa shape index (κ1) is 20.7. The van der Waals surface area contributed by atoms with Gasteiger partial charge in [-0.1, -0.05) is 13.0 Å². The Kier molecular flexibility index (Phi) is 5.73. The number of ether oxygens (including phenoxy) is 2. The fourth-order valence-corrected chi connectivity index (χ4v) is 4.82. The van der Waals surface area contributed by atoms with Gasteiger partial charge < -0.3 is 24.2 Å². The third-order valence-electron chi connectivity index (χ3n) is 6.74. The molecule has 1 spiro atoms. The fourth-order valence-electron chi connectivity index (χ4n) is 4.82. The standard InChI is InChI=1S/C23H31N3O4/c1-4-24-10-8-23(9-11-24)20(17(2)22(28)30-23)21(27)26-14-12-25(13-15-26)18-6-5-7-19(16-18)29-3/h5-7,16H,4,8-15H2,1-3H3. The zero-order valence-corrected chi connectivity index (χ0v) is 18.1. The van der Waals surface area contributed by atoms with Gasteiger partial charge in [-0.25, -0.2) is 4.79 Å². The number of methoxy groups -OCH3 is 1. The Morgan fingerprint density at radius 1 is 1.13 bits per heavy atom. The summed E-state index contributed by atoms with van der Waals surface area (Å²) in [5, 5.41) is 0. The van der Waals surface area contributed by atoms with E-state index in [-0.39, 0.29) is 11.9 Å². The molecule has 7 heteroatoms. The highest BCUT2D eigenvalue weighted by molar-refractivity contribution is 6.07. The van der Waals surface area contributed by atoms with Crippen LogP contribution in [0.1, 0.15) is 26.7 Å². The van der Waals surface area contributed by atoms with Crippen LogP contribution in [-0.2, 0) is 14.3 Å². The molecule has 0 atom stereocenters. The van der Waals surface area contributed by atoms with E-state index >= 15 is 0 Å². The van der Waals surface area contributed by atoms with Crippen LogP contribution in [0.4, 0.5) is 5.69 Å². The summed E-state index contributed by atoms with van der Waals surface area (Å²) in [5.41, 5.74) is 1.44. The molecule has 0 radical (unpaired) electrons. The van der Waals surface area contributed by atoms with E-state index in [2.05, 4.69) is 22.8 Å². The van der Waals surface area contributed by atoms with Crippen LogP contribution in [-0.4, -0.2) is 80.2 Å². The van der Waals surface area contributed by atoms with Gasteiger partial charge in [0.2, 0.25) is 0 Å². The van der Waals surface area contributed by atoms with Gasteiger partial charge in [0, 0.05) is 69.4 Å². The first-order valence-corrected chi connectivity index (χ1v) is 10.8. The van der Waals surface area contributed by atoms with E-state index in [1.54, 1.807) is 14.0 Å². The molecule has 0 N–H and O–H groups in total. The summed E-state index contributed by atoms with van der Waals surface area (Å²) in [7, 11) is 1.66. The molecule has 1 aromatic rings. The number of rotatable bonds is 4. The maximum absolute atomic E-state index is 13.5. The van der Waals surface area contributed by atoms with Crippen molar-refractivity contribution in [3.05, 3.63) is 35.4 Å². The summed E-state index contributed by atoms with van der Waals surface area (Å²) in [6.07, 6.45) is 1.38. The summed E-state index contributed by atoms with van der Waals surface area (Å²) in [5.74, 6) is 0.459. The number of carbonyl (C=O) groups is 2. The summed E-state index contributed by atoms with van der Waals surface area (Å²) in [4.78, 5) is 32.4. The quantitative estimate of drug-likeness (QED) is 0.705. The third kappa shape index (κ3) is 3.67. The van der Waals surface area contributed by atoms with Crippen molar-refractivity contribution in [2.75, 3.05) is 57.8 Å². The number of carbonyl (C=O) groups excluding carboxylic acids is 2. The van der Waals surface area contributed by atoms with Crippen LogP contribution >= 0.6 is 0 Å². The first-order chi connectivity index (χ1) is 14.5. The van der Waals surface area contributed by atoms with Crippen molar-refractivity contribution in [1.82, 2.24) is 9.80 Å². The molecule has 3 aliphatic rings. The average molecular weight is 414 g/mol. The second-order valence-electron chi connectivity index (χ2n) is 8.30. The number of hydrogen-bond donors (Lipinski definition) is 0. The molecule has 2 saturated heterocycles. The Hall–Kier alpha value is -2.54. The molecule has 1 amide bonds. The zero-order valence-electron chi connectivity index (χ0n) is 18.1. The molecule has 162 valence electrons. The van der Waals surface area contributed by atoms with Crippen molar-refractivity contribution in [1.29, 1.82) is 0 Å². The van der Waals surface area contributed by atoms with Crippen LogP contribution in [0.5, 0.6) is 5.75 Å². The lowest BCUT2D eigenvalue weighted by Crippen LogP contribution is -2.53. The molecule has 7 nitrogen and oxygen atoms in total. The Labute approximate surface area is 178 Å². The van der Waals surface area contributed by atoms with Crippen molar-refractivity contribution in [3.8, 4) is 5.75 Å². The minimum Gasteiger partial charge on any atom is -0.497 e. The number of piperazine rings is 1. The maximum atomic E-state index is 13.5. The summed E-state index contributed by atoms with van der Waals surface area (Å²) in [6.45, 7) is 9.28. The second kappa shape index (κ2) is 8.30. The van der Waals surface area contributed by atoms with Crippen molar-refractivity contribution in [2.24, 2.45) is 0 Å². The lowest BCUT2D eigenvalue weighted by molar-refractivity contribution is -0.151. The normalized spacial score (nSPS) is 21.9. The van der Waals surface area contributed by atoms with Gasteiger partial charge in [0.05, 0.1) is 12.7 Å². The number of likely N-dealkylation sites (tertiary alicyclic amines) is 1. The molecule has 2 fully saturated rings. The van der Waals surface area contributed by atoms with Crippen LogP contribution in [0.25, 0.3) is 0 Å². The summed E-state index contributed by atoms with van der Waals surface area (Å²) >= 11 is 0. The van der Waals surface area contributed by atoms with Crippen molar-refractivity contribution < 1.29 is 19.1 Å². The number of hydrogen-bond acceptors (Lipinski definition) is 6. The van der Waals surface area contributed by atoms with Crippen LogP contribution in [0, 0.1) is 0 Å². The zero-order chi connectivity index (χ0) is 21.3. The van der Waals surface area contributed by atoms with E-state index in [4.69, 9.17) is 9.47 Å². The Morgan fingerprint density at radius 2 is 1.83 bits per heavy atom. The van der Waals surface area contributed by atoms with Crippen LogP contribution in [0.2, 0.25) is 0 Å². The number of piperidine rings is 1.